The van der Waals surface area contributed by atoms with Crippen LogP contribution in [0.5, 0.6) is 5.75 Å². The van der Waals surface area contributed by atoms with Gasteiger partial charge in [0.25, 0.3) is 11.8 Å². The van der Waals surface area contributed by atoms with Gasteiger partial charge in [-0.2, -0.15) is 0 Å². The van der Waals surface area contributed by atoms with Crippen LogP contribution < -0.4 is 10.1 Å². The molecule has 1 aromatic heterocycles. The lowest BCUT2D eigenvalue weighted by Crippen LogP contribution is -2.47. The number of rotatable bonds is 5. The lowest BCUT2D eigenvalue weighted by atomic mass is 10.0. The molecule has 7 heteroatoms. The molecule has 2 heterocycles. The number of carbonyl (C=O) groups excluding carboxylic acids is 2. The van der Waals surface area contributed by atoms with E-state index < -0.39 is 0 Å². The van der Waals surface area contributed by atoms with Gasteiger partial charge in [-0.3, -0.25) is 14.6 Å². The molecule has 0 aliphatic carbocycles. The molecule has 0 radical (unpaired) electrons. The van der Waals surface area contributed by atoms with Crippen molar-refractivity contribution in [1.82, 2.24) is 15.2 Å². The molecule has 4 rings (SSSR count). The lowest BCUT2D eigenvalue weighted by Gasteiger charge is -2.32. The van der Waals surface area contributed by atoms with Crippen LogP contribution in [0.15, 0.2) is 65.4 Å². The van der Waals surface area contributed by atoms with E-state index in [1.165, 1.54) is 0 Å². The third kappa shape index (κ3) is 4.62. The van der Waals surface area contributed by atoms with Crippen LogP contribution in [-0.2, 0) is 4.79 Å². The number of pyridine rings is 1. The highest BCUT2D eigenvalue weighted by molar-refractivity contribution is 9.10. The summed E-state index contributed by atoms with van der Waals surface area (Å²) in [5.41, 5.74) is 0.641. The number of piperidine rings is 1. The molecule has 0 spiro atoms. The summed E-state index contributed by atoms with van der Waals surface area (Å²) in [5, 5.41) is 5.17. The van der Waals surface area contributed by atoms with Gasteiger partial charge in [-0.25, -0.2) is 0 Å². The average Bonchev–Trinajstić information content (AvgIpc) is 2.79. The van der Waals surface area contributed by atoms with Crippen molar-refractivity contribution in [3.05, 3.63) is 71.0 Å². The second-order valence-corrected chi connectivity index (χ2v) is 8.05. The summed E-state index contributed by atoms with van der Waals surface area (Å²) >= 11 is 3.57. The van der Waals surface area contributed by atoms with E-state index in [0.29, 0.717) is 24.4 Å². The van der Waals surface area contributed by atoms with Crippen LogP contribution in [0.3, 0.4) is 0 Å². The minimum absolute atomic E-state index is 0.00617. The highest BCUT2D eigenvalue weighted by Crippen LogP contribution is 2.32. The smallest absolute Gasteiger partial charge is 0.258 e. The van der Waals surface area contributed by atoms with Crippen molar-refractivity contribution in [2.45, 2.75) is 18.9 Å². The fraction of sp³-hybridized carbons (Fsp3) is 0.261. The molecule has 2 amide bonds. The summed E-state index contributed by atoms with van der Waals surface area (Å²) in [6.45, 7) is 1.18. The second kappa shape index (κ2) is 9.26. The molecule has 0 atom stereocenters. The van der Waals surface area contributed by atoms with E-state index in [1.54, 1.807) is 24.5 Å². The molecule has 154 valence electrons. The Morgan fingerprint density at radius 3 is 2.57 bits per heavy atom. The van der Waals surface area contributed by atoms with E-state index >= 15 is 0 Å². The fourth-order valence-electron chi connectivity index (χ4n) is 3.64. The van der Waals surface area contributed by atoms with E-state index in [4.69, 9.17) is 4.74 Å². The molecule has 1 aliphatic rings. The number of carbonyl (C=O) groups is 2. The van der Waals surface area contributed by atoms with Gasteiger partial charge in [-0.1, -0.05) is 30.3 Å². The molecule has 3 aromatic rings. The van der Waals surface area contributed by atoms with Crippen LogP contribution in [0.1, 0.15) is 23.2 Å². The largest absolute Gasteiger partial charge is 0.483 e. The molecule has 0 saturated carbocycles. The molecule has 6 nitrogen and oxygen atoms in total. The van der Waals surface area contributed by atoms with E-state index in [9.17, 15) is 9.59 Å². The summed E-state index contributed by atoms with van der Waals surface area (Å²) in [6.07, 6.45) is 4.69. The van der Waals surface area contributed by atoms with E-state index in [0.717, 1.165) is 28.1 Å². The molecular formula is C23H22BrN3O3. The minimum atomic E-state index is -0.158. The zero-order chi connectivity index (χ0) is 20.9. The normalized spacial score (nSPS) is 14.5. The number of amides is 2. The van der Waals surface area contributed by atoms with Gasteiger partial charge in [0, 0.05) is 37.1 Å². The van der Waals surface area contributed by atoms with Crippen molar-refractivity contribution in [2.24, 2.45) is 0 Å². The number of nitrogens with zero attached hydrogens (tertiary/aromatic N) is 2. The predicted molar refractivity (Wildman–Crippen MR) is 118 cm³/mol. The second-order valence-electron chi connectivity index (χ2n) is 7.26. The molecule has 1 fully saturated rings. The van der Waals surface area contributed by atoms with Crippen molar-refractivity contribution in [3.8, 4) is 5.75 Å². The van der Waals surface area contributed by atoms with Crippen LogP contribution in [-0.4, -0.2) is 47.4 Å². The molecule has 30 heavy (non-hydrogen) atoms. The number of aromatic nitrogens is 1. The number of nitrogens with one attached hydrogen (secondary N) is 1. The maximum absolute atomic E-state index is 12.5. The molecule has 0 bridgehead atoms. The van der Waals surface area contributed by atoms with Crippen LogP contribution in [0.25, 0.3) is 10.8 Å². The standard InChI is InChI=1S/C23H22BrN3O3/c24-22-19-4-2-1-3-16(19)5-6-20(22)30-15-21(28)26-18-9-13-27(14-10-18)23(29)17-7-11-25-12-8-17/h1-8,11-12,18H,9-10,13-15H2,(H,26,28). The van der Waals surface area contributed by atoms with E-state index in [2.05, 4.69) is 26.2 Å². The third-order valence-electron chi connectivity index (χ3n) is 5.26. The van der Waals surface area contributed by atoms with Gasteiger partial charge >= 0.3 is 0 Å². The quantitative estimate of drug-likeness (QED) is 0.619. The number of fused-ring (bicyclic) bond motifs is 1. The Morgan fingerprint density at radius 1 is 1.07 bits per heavy atom. The Balaban J connectivity index is 1.26. The van der Waals surface area contributed by atoms with Crippen LogP contribution in [0.4, 0.5) is 0 Å². The van der Waals surface area contributed by atoms with Crippen molar-refractivity contribution in [2.75, 3.05) is 19.7 Å². The summed E-state index contributed by atoms with van der Waals surface area (Å²) in [5.74, 6) is 0.488. The number of hydrogen-bond donors (Lipinski definition) is 1. The van der Waals surface area contributed by atoms with Crippen LogP contribution >= 0.6 is 15.9 Å². The first-order valence-corrected chi connectivity index (χ1v) is 10.7. The molecule has 1 N–H and O–H groups in total. The molecule has 1 saturated heterocycles. The van der Waals surface area contributed by atoms with Gasteiger partial charge in [0.05, 0.1) is 4.47 Å². The van der Waals surface area contributed by atoms with Crippen LogP contribution in [0.2, 0.25) is 0 Å². The maximum Gasteiger partial charge on any atom is 0.258 e. The first-order chi connectivity index (χ1) is 14.6. The van der Waals surface area contributed by atoms with Gasteiger partial charge in [0.1, 0.15) is 5.75 Å². The average molecular weight is 468 g/mol. The summed E-state index contributed by atoms with van der Waals surface area (Å²) in [4.78, 5) is 30.6. The number of ether oxygens (including phenoxy) is 1. The Hall–Kier alpha value is -2.93. The lowest BCUT2D eigenvalue weighted by molar-refractivity contribution is -0.124. The number of hydrogen-bond acceptors (Lipinski definition) is 4. The van der Waals surface area contributed by atoms with Gasteiger partial charge in [-0.05, 0) is 57.7 Å². The number of likely N-dealkylation sites (tertiary alicyclic amines) is 1. The molecule has 2 aromatic carbocycles. The van der Waals surface area contributed by atoms with Gasteiger partial charge in [0.15, 0.2) is 6.61 Å². The minimum Gasteiger partial charge on any atom is -0.483 e. The van der Waals surface area contributed by atoms with Gasteiger partial charge in [-0.15, -0.1) is 0 Å². The van der Waals surface area contributed by atoms with Crippen molar-refractivity contribution in [1.29, 1.82) is 0 Å². The maximum atomic E-state index is 12.5. The predicted octanol–water partition coefficient (Wildman–Crippen LogP) is 3.80. The van der Waals surface area contributed by atoms with Gasteiger partial charge in [0.2, 0.25) is 0 Å². The Labute approximate surface area is 183 Å². The summed E-state index contributed by atoms with van der Waals surface area (Å²) < 4.78 is 6.58. The van der Waals surface area contributed by atoms with Gasteiger partial charge < -0.3 is 15.0 Å². The van der Waals surface area contributed by atoms with Crippen molar-refractivity contribution in [3.63, 3.8) is 0 Å². The molecule has 1 aliphatic heterocycles. The summed E-state index contributed by atoms with van der Waals surface area (Å²) in [6, 6.07) is 15.3. The first kappa shape index (κ1) is 20.3. The zero-order valence-corrected chi connectivity index (χ0v) is 18.0. The monoisotopic (exact) mass is 467 g/mol. The molecular weight excluding hydrogens is 446 g/mol. The Kier molecular flexibility index (Phi) is 6.28. The van der Waals surface area contributed by atoms with E-state index in [1.807, 2.05) is 41.3 Å². The number of halogens is 1. The zero-order valence-electron chi connectivity index (χ0n) is 16.4. The van der Waals surface area contributed by atoms with Crippen molar-refractivity contribution >= 4 is 38.5 Å². The fourth-order valence-corrected chi connectivity index (χ4v) is 4.25. The van der Waals surface area contributed by atoms with Crippen LogP contribution in [0, 0.1) is 0 Å². The third-order valence-corrected chi connectivity index (χ3v) is 6.08. The Morgan fingerprint density at radius 2 is 1.80 bits per heavy atom. The Bertz CT molecular complexity index is 1050. The highest BCUT2D eigenvalue weighted by Gasteiger charge is 2.24. The molecule has 0 unspecified atom stereocenters. The topological polar surface area (TPSA) is 71.5 Å². The highest BCUT2D eigenvalue weighted by atomic mass is 79.9. The SMILES string of the molecule is O=C(COc1ccc2ccccc2c1Br)NC1CCN(C(=O)c2ccncc2)CC1. The van der Waals surface area contributed by atoms with Crippen molar-refractivity contribution < 1.29 is 14.3 Å². The van der Waals surface area contributed by atoms with E-state index in [-0.39, 0.29) is 24.5 Å². The number of benzene rings is 2. The first-order valence-electron chi connectivity index (χ1n) is 9.90. The summed E-state index contributed by atoms with van der Waals surface area (Å²) in [7, 11) is 0.